The molecule has 1 atom stereocenters. The summed E-state index contributed by atoms with van der Waals surface area (Å²) in [7, 11) is 0. The van der Waals surface area contributed by atoms with E-state index < -0.39 is 0 Å². The molecule has 0 fully saturated rings. The van der Waals surface area contributed by atoms with Crippen LogP contribution in [-0.4, -0.2) is 18.5 Å². The van der Waals surface area contributed by atoms with Crippen LogP contribution < -0.4 is 16.0 Å². The third kappa shape index (κ3) is 5.34. The highest BCUT2D eigenvalue weighted by Gasteiger charge is 2.18. The Balaban J connectivity index is 1.89. The van der Waals surface area contributed by atoms with Crippen molar-refractivity contribution in [3.63, 3.8) is 0 Å². The molecule has 3 amide bonds. The number of amides is 3. The maximum absolute atomic E-state index is 12.2. The molecule has 2 aromatic rings. The van der Waals surface area contributed by atoms with Gasteiger partial charge in [-0.05, 0) is 42.5 Å². The van der Waals surface area contributed by atoms with E-state index in [1.54, 1.807) is 0 Å². The second-order valence-corrected chi connectivity index (χ2v) is 6.76. The Morgan fingerprint density at radius 3 is 2.31 bits per heavy atom. The highest BCUT2D eigenvalue weighted by molar-refractivity contribution is 5.95. The first kappa shape index (κ1) is 19.5. The molecule has 0 bridgehead atoms. The number of hydrogen-bond acceptors (Lipinski definition) is 2. The summed E-state index contributed by atoms with van der Waals surface area (Å²) in [6.45, 7) is 7.96. The van der Waals surface area contributed by atoms with Crippen molar-refractivity contribution in [2.75, 3.05) is 11.9 Å². The number of nitrogens with one attached hydrogen (secondary N) is 3. The van der Waals surface area contributed by atoms with E-state index >= 15 is 0 Å². The van der Waals surface area contributed by atoms with Gasteiger partial charge in [0.05, 0.1) is 12.6 Å². The largest absolute Gasteiger partial charge is 0.331 e. The zero-order chi connectivity index (χ0) is 19.1. The van der Waals surface area contributed by atoms with Crippen LogP contribution in [-0.2, 0) is 4.79 Å². The summed E-state index contributed by atoms with van der Waals surface area (Å²) in [5.74, 6) is -0.0263. The Morgan fingerprint density at radius 2 is 1.65 bits per heavy atom. The van der Waals surface area contributed by atoms with E-state index in [1.165, 1.54) is 0 Å². The maximum Gasteiger partial charge on any atom is 0.315 e. The number of hydrogen-bond donors (Lipinski definition) is 3. The zero-order valence-electron chi connectivity index (χ0n) is 15.8. The quantitative estimate of drug-likeness (QED) is 0.736. The van der Waals surface area contributed by atoms with Crippen LogP contribution in [0, 0.1) is 19.8 Å². The lowest BCUT2D eigenvalue weighted by molar-refractivity contribution is -0.115. The summed E-state index contributed by atoms with van der Waals surface area (Å²) in [5.41, 5.74) is 3.93. The van der Waals surface area contributed by atoms with Crippen molar-refractivity contribution in [1.29, 1.82) is 0 Å². The van der Waals surface area contributed by atoms with Gasteiger partial charge in [0, 0.05) is 5.69 Å². The molecule has 2 aromatic carbocycles. The molecule has 26 heavy (non-hydrogen) atoms. The Kier molecular flexibility index (Phi) is 6.78. The van der Waals surface area contributed by atoms with Gasteiger partial charge in [0.25, 0.3) is 0 Å². The third-order valence-electron chi connectivity index (χ3n) is 4.40. The third-order valence-corrected chi connectivity index (χ3v) is 4.40. The first-order chi connectivity index (χ1) is 12.4. The van der Waals surface area contributed by atoms with Crippen LogP contribution in [0.3, 0.4) is 0 Å². The number of carbonyl (C=O) groups excluding carboxylic acids is 2. The molecule has 0 radical (unpaired) electrons. The van der Waals surface area contributed by atoms with E-state index in [9.17, 15) is 9.59 Å². The smallest absolute Gasteiger partial charge is 0.315 e. The number of carbonyl (C=O) groups is 2. The summed E-state index contributed by atoms with van der Waals surface area (Å²) in [6.07, 6.45) is 0. The summed E-state index contributed by atoms with van der Waals surface area (Å²) in [6, 6.07) is 15.1. The molecule has 5 nitrogen and oxygen atoms in total. The Bertz CT molecular complexity index is 757. The highest BCUT2D eigenvalue weighted by atomic mass is 16.2. The van der Waals surface area contributed by atoms with Crippen LogP contribution in [0.2, 0.25) is 0 Å². The molecule has 0 aromatic heterocycles. The van der Waals surface area contributed by atoms with Crippen LogP contribution in [0.15, 0.2) is 48.5 Å². The average Bonchev–Trinajstić information content (AvgIpc) is 2.62. The highest BCUT2D eigenvalue weighted by Crippen LogP contribution is 2.21. The fourth-order valence-corrected chi connectivity index (χ4v) is 2.73. The van der Waals surface area contributed by atoms with Gasteiger partial charge in [0.15, 0.2) is 0 Å². The summed E-state index contributed by atoms with van der Waals surface area (Å²) >= 11 is 0. The van der Waals surface area contributed by atoms with Gasteiger partial charge in [0.2, 0.25) is 5.91 Å². The number of benzene rings is 2. The summed E-state index contributed by atoms with van der Waals surface area (Å²) in [5, 5.41) is 8.40. The Labute approximate surface area is 155 Å². The van der Waals surface area contributed by atoms with Gasteiger partial charge in [-0.25, -0.2) is 4.79 Å². The van der Waals surface area contributed by atoms with Gasteiger partial charge in [-0.1, -0.05) is 56.3 Å². The topological polar surface area (TPSA) is 70.2 Å². The minimum absolute atomic E-state index is 0.0845. The molecular weight excluding hydrogens is 326 g/mol. The Hall–Kier alpha value is -2.82. The fraction of sp³-hybridized carbons (Fsp3) is 0.333. The van der Waals surface area contributed by atoms with E-state index in [1.807, 2.05) is 76.2 Å². The number of anilines is 1. The van der Waals surface area contributed by atoms with Crippen molar-refractivity contribution in [2.45, 2.75) is 33.7 Å². The van der Waals surface area contributed by atoms with Crippen molar-refractivity contribution in [1.82, 2.24) is 10.6 Å². The van der Waals surface area contributed by atoms with Crippen molar-refractivity contribution in [2.24, 2.45) is 5.92 Å². The van der Waals surface area contributed by atoms with E-state index in [-0.39, 0.29) is 30.4 Å². The molecule has 0 aliphatic rings. The molecule has 0 unspecified atom stereocenters. The molecule has 0 saturated heterocycles. The number of aryl methyl sites for hydroxylation is 1. The molecule has 3 N–H and O–H groups in total. The maximum atomic E-state index is 12.2. The molecule has 0 spiro atoms. The van der Waals surface area contributed by atoms with Crippen molar-refractivity contribution in [3.8, 4) is 0 Å². The second kappa shape index (κ2) is 9.04. The molecule has 0 aliphatic heterocycles. The van der Waals surface area contributed by atoms with Gasteiger partial charge in [-0.3, -0.25) is 4.79 Å². The molecular formula is C21H27N3O2. The molecule has 0 heterocycles. The standard InChI is InChI=1S/C21H27N3O2/c1-14(2)20(17-10-6-5-7-11-17)24-21(26)22-13-19(25)23-18-12-8-9-15(3)16(18)4/h5-12,14,20H,13H2,1-4H3,(H,23,25)(H2,22,24,26)/t20-/m0/s1. The van der Waals surface area contributed by atoms with E-state index in [0.29, 0.717) is 0 Å². The van der Waals surface area contributed by atoms with Gasteiger partial charge in [0.1, 0.15) is 0 Å². The molecule has 0 saturated carbocycles. The molecule has 138 valence electrons. The Morgan fingerprint density at radius 1 is 0.962 bits per heavy atom. The van der Waals surface area contributed by atoms with Crippen molar-refractivity contribution >= 4 is 17.6 Å². The van der Waals surface area contributed by atoms with Crippen LogP contribution in [0.1, 0.15) is 36.6 Å². The van der Waals surface area contributed by atoms with E-state index in [2.05, 4.69) is 16.0 Å². The SMILES string of the molecule is Cc1cccc(NC(=O)CNC(=O)N[C@H](c2ccccc2)C(C)C)c1C. The minimum Gasteiger partial charge on any atom is -0.331 e. The van der Waals surface area contributed by atoms with E-state index in [0.717, 1.165) is 22.4 Å². The summed E-state index contributed by atoms with van der Waals surface area (Å²) in [4.78, 5) is 24.3. The van der Waals surface area contributed by atoms with Crippen molar-refractivity contribution < 1.29 is 9.59 Å². The lowest BCUT2D eigenvalue weighted by atomic mass is 9.96. The average molecular weight is 353 g/mol. The molecule has 0 aliphatic carbocycles. The predicted octanol–water partition coefficient (Wildman–Crippen LogP) is 3.94. The monoisotopic (exact) mass is 353 g/mol. The van der Waals surface area contributed by atoms with E-state index in [4.69, 9.17) is 0 Å². The number of urea groups is 1. The summed E-state index contributed by atoms with van der Waals surface area (Å²) < 4.78 is 0. The van der Waals surface area contributed by atoms with Crippen LogP contribution in [0.4, 0.5) is 10.5 Å². The molecule has 5 heteroatoms. The van der Waals surface area contributed by atoms with Crippen LogP contribution >= 0.6 is 0 Å². The first-order valence-corrected chi connectivity index (χ1v) is 8.84. The lowest BCUT2D eigenvalue weighted by Crippen LogP contribution is -2.42. The van der Waals surface area contributed by atoms with Gasteiger partial charge < -0.3 is 16.0 Å². The van der Waals surface area contributed by atoms with Gasteiger partial charge in [-0.2, -0.15) is 0 Å². The second-order valence-electron chi connectivity index (χ2n) is 6.76. The van der Waals surface area contributed by atoms with Crippen LogP contribution in [0.5, 0.6) is 0 Å². The minimum atomic E-state index is -0.358. The predicted molar refractivity (Wildman–Crippen MR) is 105 cm³/mol. The fourth-order valence-electron chi connectivity index (χ4n) is 2.73. The van der Waals surface area contributed by atoms with Gasteiger partial charge in [-0.15, -0.1) is 0 Å². The van der Waals surface area contributed by atoms with Crippen LogP contribution in [0.25, 0.3) is 0 Å². The molecule has 2 rings (SSSR count). The lowest BCUT2D eigenvalue weighted by Gasteiger charge is -2.23. The number of rotatable bonds is 6. The zero-order valence-corrected chi connectivity index (χ0v) is 15.8. The normalized spacial score (nSPS) is 11.7. The first-order valence-electron chi connectivity index (χ1n) is 8.84. The van der Waals surface area contributed by atoms with Gasteiger partial charge >= 0.3 is 6.03 Å². The van der Waals surface area contributed by atoms with Crippen molar-refractivity contribution in [3.05, 3.63) is 65.2 Å².